The van der Waals surface area contributed by atoms with Crippen LogP contribution < -0.4 is 21.1 Å². The highest BCUT2D eigenvalue weighted by molar-refractivity contribution is 5.97. The molecule has 2 aromatic rings. The minimum absolute atomic E-state index is 0.238. The number of hydrogen-bond donors (Lipinski definition) is 3. The normalized spacial score (nSPS) is 17.4. The third kappa shape index (κ3) is 4.30. The highest BCUT2D eigenvalue weighted by Crippen LogP contribution is 2.21. The van der Waals surface area contributed by atoms with Crippen LogP contribution in [0, 0.1) is 12.8 Å². The Kier molecular flexibility index (Phi) is 5.23. The van der Waals surface area contributed by atoms with Gasteiger partial charge in [-0.25, -0.2) is 4.68 Å². The number of ether oxygens (including phenoxy) is 1. The molecule has 0 radical (unpaired) electrons. The Labute approximate surface area is 147 Å². The van der Waals surface area contributed by atoms with Crippen molar-refractivity contribution in [3.63, 3.8) is 0 Å². The number of carbonyl (C=O) groups excluding carboxylic acids is 1. The van der Waals surface area contributed by atoms with Gasteiger partial charge in [-0.2, -0.15) is 5.10 Å². The summed E-state index contributed by atoms with van der Waals surface area (Å²) >= 11 is 0. The molecule has 7 heteroatoms. The van der Waals surface area contributed by atoms with Gasteiger partial charge in [-0.05, 0) is 26.0 Å². The Morgan fingerprint density at radius 1 is 1.48 bits per heavy atom. The molecule has 0 aliphatic carbocycles. The molecule has 0 fully saturated rings. The number of benzene rings is 1. The summed E-state index contributed by atoms with van der Waals surface area (Å²) < 4.78 is 7.61. The minimum Gasteiger partial charge on any atom is -0.492 e. The van der Waals surface area contributed by atoms with E-state index in [1.165, 1.54) is 11.8 Å². The fourth-order valence-electron chi connectivity index (χ4n) is 2.86. The molecule has 25 heavy (non-hydrogen) atoms. The molecule has 0 bridgehead atoms. The molecule has 0 unspecified atom stereocenters. The average Bonchev–Trinajstić information content (AvgIpc) is 3.03. The first kappa shape index (κ1) is 17.3. The standard InChI is InChI=1S/C18H25N5O2/c1-12-3-5-15(6-4-12)25-11-13(2)20-7-14-8-21-18-16(17(19)24)9-22-23(18)10-14/h3-6,9,13-14,20-21H,7-8,10-11H2,1-2H3,(H2,19,24)/t13-,14+/m1/s1. The number of fused-ring (bicyclic) bond motifs is 1. The molecular formula is C18H25N5O2. The maximum Gasteiger partial charge on any atom is 0.254 e. The monoisotopic (exact) mass is 343 g/mol. The van der Waals surface area contributed by atoms with Crippen molar-refractivity contribution in [1.82, 2.24) is 15.1 Å². The predicted octanol–water partition coefficient (Wildman–Crippen LogP) is 1.39. The number of rotatable bonds is 7. The molecule has 1 amide bonds. The van der Waals surface area contributed by atoms with E-state index in [2.05, 4.69) is 29.6 Å². The molecule has 1 aromatic carbocycles. The molecule has 7 nitrogen and oxygen atoms in total. The molecule has 1 aliphatic heterocycles. The van der Waals surface area contributed by atoms with E-state index in [1.807, 2.05) is 28.9 Å². The Bertz CT molecular complexity index is 726. The van der Waals surface area contributed by atoms with Gasteiger partial charge in [0.05, 0.1) is 6.20 Å². The molecule has 0 saturated carbocycles. The zero-order valence-electron chi connectivity index (χ0n) is 14.7. The lowest BCUT2D eigenvalue weighted by molar-refractivity contribution is 0.100. The quantitative estimate of drug-likeness (QED) is 0.706. The number of amides is 1. The number of aryl methyl sites for hydroxylation is 1. The summed E-state index contributed by atoms with van der Waals surface area (Å²) in [6.45, 7) is 7.16. The number of primary amides is 1. The van der Waals surface area contributed by atoms with E-state index in [0.717, 1.165) is 31.2 Å². The summed E-state index contributed by atoms with van der Waals surface area (Å²) in [6, 6.07) is 8.30. The lowest BCUT2D eigenvalue weighted by atomic mass is 10.1. The molecule has 2 heterocycles. The summed E-state index contributed by atoms with van der Waals surface area (Å²) in [5, 5.41) is 11.0. The van der Waals surface area contributed by atoms with Gasteiger partial charge in [0.1, 0.15) is 23.7 Å². The summed E-state index contributed by atoms with van der Waals surface area (Å²) in [4.78, 5) is 11.3. The van der Waals surface area contributed by atoms with E-state index in [-0.39, 0.29) is 6.04 Å². The van der Waals surface area contributed by atoms with Gasteiger partial charge in [-0.3, -0.25) is 4.79 Å². The minimum atomic E-state index is -0.452. The van der Waals surface area contributed by atoms with E-state index < -0.39 is 5.91 Å². The van der Waals surface area contributed by atoms with Crippen molar-refractivity contribution in [1.29, 1.82) is 0 Å². The van der Waals surface area contributed by atoms with Crippen LogP contribution in [-0.2, 0) is 6.54 Å². The first-order chi connectivity index (χ1) is 12.0. The number of anilines is 1. The van der Waals surface area contributed by atoms with Gasteiger partial charge < -0.3 is 21.1 Å². The molecule has 1 aromatic heterocycles. The number of carbonyl (C=O) groups is 1. The van der Waals surface area contributed by atoms with Gasteiger partial charge in [-0.15, -0.1) is 0 Å². The van der Waals surface area contributed by atoms with Crippen molar-refractivity contribution < 1.29 is 9.53 Å². The Morgan fingerprint density at radius 2 is 2.24 bits per heavy atom. The molecule has 4 N–H and O–H groups in total. The zero-order valence-corrected chi connectivity index (χ0v) is 14.7. The predicted molar refractivity (Wildman–Crippen MR) is 96.9 cm³/mol. The number of aromatic nitrogens is 2. The van der Waals surface area contributed by atoms with E-state index in [0.29, 0.717) is 18.1 Å². The Morgan fingerprint density at radius 3 is 2.96 bits per heavy atom. The summed E-state index contributed by atoms with van der Waals surface area (Å²) in [5.74, 6) is 1.54. The Hall–Kier alpha value is -2.54. The topological polar surface area (TPSA) is 94.2 Å². The molecule has 134 valence electrons. The SMILES string of the molecule is Cc1ccc(OC[C@@H](C)NC[C@H]2CNc3c(C(N)=O)cnn3C2)cc1. The smallest absolute Gasteiger partial charge is 0.254 e. The van der Waals surface area contributed by atoms with Crippen molar-refractivity contribution in [3.8, 4) is 5.75 Å². The maximum absolute atomic E-state index is 11.3. The van der Waals surface area contributed by atoms with Crippen LogP contribution in [0.25, 0.3) is 0 Å². The van der Waals surface area contributed by atoms with Crippen molar-refractivity contribution in [2.45, 2.75) is 26.4 Å². The molecular weight excluding hydrogens is 318 g/mol. The van der Waals surface area contributed by atoms with Crippen LogP contribution in [0.4, 0.5) is 5.82 Å². The van der Waals surface area contributed by atoms with E-state index in [9.17, 15) is 4.79 Å². The number of hydrogen-bond acceptors (Lipinski definition) is 5. The molecule has 3 rings (SSSR count). The van der Waals surface area contributed by atoms with Crippen LogP contribution in [0.1, 0.15) is 22.8 Å². The van der Waals surface area contributed by atoms with Gasteiger partial charge in [0, 0.05) is 31.6 Å². The third-order valence-corrected chi connectivity index (χ3v) is 4.37. The van der Waals surface area contributed by atoms with Crippen LogP contribution in [0.3, 0.4) is 0 Å². The van der Waals surface area contributed by atoms with Crippen LogP contribution in [0.2, 0.25) is 0 Å². The third-order valence-electron chi connectivity index (χ3n) is 4.37. The second-order valence-electron chi connectivity index (χ2n) is 6.63. The van der Waals surface area contributed by atoms with Crippen molar-refractivity contribution in [2.75, 3.05) is 25.0 Å². The number of nitrogens with one attached hydrogen (secondary N) is 2. The van der Waals surface area contributed by atoms with Gasteiger partial charge in [0.2, 0.25) is 0 Å². The zero-order chi connectivity index (χ0) is 17.8. The fourth-order valence-corrected chi connectivity index (χ4v) is 2.86. The van der Waals surface area contributed by atoms with Gasteiger partial charge in [0.15, 0.2) is 0 Å². The number of nitrogens with two attached hydrogens (primary N) is 1. The summed E-state index contributed by atoms with van der Waals surface area (Å²) in [6.07, 6.45) is 1.53. The van der Waals surface area contributed by atoms with Crippen LogP contribution in [0.15, 0.2) is 30.5 Å². The van der Waals surface area contributed by atoms with Crippen LogP contribution in [-0.4, -0.2) is 41.4 Å². The Balaban J connectivity index is 1.44. The van der Waals surface area contributed by atoms with Crippen molar-refractivity contribution in [3.05, 3.63) is 41.6 Å². The second kappa shape index (κ2) is 7.57. The molecule has 2 atom stereocenters. The average molecular weight is 343 g/mol. The first-order valence-corrected chi connectivity index (χ1v) is 8.55. The second-order valence-corrected chi connectivity index (χ2v) is 6.63. The molecule has 0 spiro atoms. The van der Waals surface area contributed by atoms with E-state index in [1.54, 1.807) is 0 Å². The highest BCUT2D eigenvalue weighted by Gasteiger charge is 2.23. The highest BCUT2D eigenvalue weighted by atomic mass is 16.5. The van der Waals surface area contributed by atoms with Gasteiger partial charge >= 0.3 is 0 Å². The fraction of sp³-hybridized carbons (Fsp3) is 0.444. The van der Waals surface area contributed by atoms with E-state index in [4.69, 9.17) is 10.5 Å². The largest absolute Gasteiger partial charge is 0.492 e. The number of nitrogens with zero attached hydrogens (tertiary/aromatic N) is 2. The lowest BCUT2D eigenvalue weighted by Crippen LogP contribution is -2.40. The molecule has 0 saturated heterocycles. The lowest BCUT2D eigenvalue weighted by Gasteiger charge is -2.27. The summed E-state index contributed by atoms with van der Waals surface area (Å²) in [5.41, 5.74) is 7.02. The molecule has 1 aliphatic rings. The van der Waals surface area contributed by atoms with Crippen molar-refractivity contribution in [2.24, 2.45) is 11.7 Å². The first-order valence-electron chi connectivity index (χ1n) is 8.55. The maximum atomic E-state index is 11.3. The van der Waals surface area contributed by atoms with Crippen LogP contribution >= 0.6 is 0 Å². The van der Waals surface area contributed by atoms with Crippen molar-refractivity contribution >= 4 is 11.7 Å². The van der Waals surface area contributed by atoms with Gasteiger partial charge in [0.25, 0.3) is 5.91 Å². The van der Waals surface area contributed by atoms with Gasteiger partial charge in [-0.1, -0.05) is 17.7 Å². The van der Waals surface area contributed by atoms with Crippen LogP contribution in [0.5, 0.6) is 5.75 Å². The summed E-state index contributed by atoms with van der Waals surface area (Å²) in [7, 11) is 0. The van der Waals surface area contributed by atoms with E-state index >= 15 is 0 Å².